The summed E-state index contributed by atoms with van der Waals surface area (Å²) in [6.07, 6.45) is 0. The summed E-state index contributed by atoms with van der Waals surface area (Å²) in [5, 5.41) is 11.0. The van der Waals surface area contributed by atoms with Crippen LogP contribution in [0, 0.1) is 5.82 Å². The molecule has 0 unspecified atom stereocenters. The highest BCUT2D eigenvalue weighted by molar-refractivity contribution is 6.04. The van der Waals surface area contributed by atoms with Crippen LogP contribution in [-0.2, 0) is 0 Å². The fourth-order valence-corrected chi connectivity index (χ4v) is 2.91. The number of ether oxygens (including phenoxy) is 2. The highest BCUT2D eigenvalue weighted by atomic mass is 19.1. The minimum absolute atomic E-state index is 0.330. The van der Waals surface area contributed by atoms with E-state index < -0.39 is 5.82 Å². The molecule has 0 spiro atoms. The van der Waals surface area contributed by atoms with E-state index in [9.17, 15) is 9.18 Å². The van der Waals surface area contributed by atoms with Gasteiger partial charge < -0.3 is 14.8 Å². The summed E-state index contributed by atoms with van der Waals surface area (Å²) >= 11 is 0. The van der Waals surface area contributed by atoms with Crippen LogP contribution in [0.5, 0.6) is 17.4 Å². The van der Waals surface area contributed by atoms with Gasteiger partial charge in [-0.3, -0.25) is 4.79 Å². The van der Waals surface area contributed by atoms with Crippen LogP contribution in [0.2, 0.25) is 0 Å². The van der Waals surface area contributed by atoms with Crippen LogP contribution in [-0.4, -0.2) is 23.2 Å². The molecule has 31 heavy (non-hydrogen) atoms. The Labute approximate surface area is 178 Å². The lowest BCUT2D eigenvalue weighted by Crippen LogP contribution is -2.11. The van der Waals surface area contributed by atoms with Crippen LogP contribution in [0.3, 0.4) is 0 Å². The van der Waals surface area contributed by atoms with Gasteiger partial charge in [-0.05, 0) is 48.5 Å². The average molecular weight is 415 g/mol. The first-order chi connectivity index (χ1) is 15.1. The summed E-state index contributed by atoms with van der Waals surface area (Å²) in [5.74, 6) is 0.731. The van der Waals surface area contributed by atoms with Crippen molar-refractivity contribution >= 4 is 11.6 Å². The van der Waals surface area contributed by atoms with Crippen molar-refractivity contribution in [1.82, 2.24) is 10.2 Å². The Hall–Kier alpha value is -4.26. The van der Waals surface area contributed by atoms with E-state index in [1.54, 1.807) is 61.7 Å². The number of rotatable bonds is 6. The van der Waals surface area contributed by atoms with Gasteiger partial charge in [-0.1, -0.05) is 30.3 Å². The molecule has 1 heterocycles. The molecule has 0 saturated carbocycles. The third-order valence-electron chi connectivity index (χ3n) is 4.45. The van der Waals surface area contributed by atoms with Crippen LogP contribution in [0.15, 0.2) is 84.9 Å². The maximum atomic E-state index is 13.3. The second kappa shape index (κ2) is 9.04. The molecule has 6 nitrogen and oxygen atoms in total. The lowest BCUT2D eigenvalue weighted by atomic mass is 10.1. The second-order valence-corrected chi connectivity index (χ2v) is 6.55. The van der Waals surface area contributed by atoms with Crippen LogP contribution in [0.25, 0.3) is 11.3 Å². The number of para-hydroxylation sites is 2. The Morgan fingerprint density at radius 2 is 1.65 bits per heavy atom. The Morgan fingerprint density at radius 3 is 2.32 bits per heavy atom. The van der Waals surface area contributed by atoms with Crippen molar-refractivity contribution in [3.63, 3.8) is 0 Å². The minimum atomic E-state index is -0.412. The lowest BCUT2D eigenvalue weighted by Gasteiger charge is -2.09. The number of aromatic nitrogens is 2. The topological polar surface area (TPSA) is 73.3 Å². The highest BCUT2D eigenvalue weighted by Gasteiger charge is 2.09. The molecule has 1 N–H and O–H groups in total. The van der Waals surface area contributed by atoms with E-state index in [1.807, 2.05) is 12.1 Å². The zero-order chi connectivity index (χ0) is 21.6. The number of benzene rings is 3. The van der Waals surface area contributed by atoms with Gasteiger partial charge in [-0.15, -0.1) is 10.2 Å². The molecule has 0 bridgehead atoms. The highest BCUT2D eigenvalue weighted by Crippen LogP contribution is 2.30. The van der Waals surface area contributed by atoms with Gasteiger partial charge in [0.25, 0.3) is 5.91 Å². The van der Waals surface area contributed by atoms with Gasteiger partial charge in [-0.25, -0.2) is 4.39 Å². The zero-order valence-corrected chi connectivity index (χ0v) is 16.6. The number of carbonyl (C=O) groups excluding carboxylic acids is 1. The predicted molar refractivity (Wildman–Crippen MR) is 115 cm³/mol. The molecule has 0 aliphatic rings. The standard InChI is InChI=1S/C24H18FN3O3/c1-30-21-7-2-3-8-22(21)31-23-14-13-20(27-28-23)16-9-11-17(12-10-16)24(29)26-19-6-4-5-18(25)15-19/h2-15H,1H3,(H,26,29). The molecule has 0 radical (unpaired) electrons. The summed E-state index contributed by atoms with van der Waals surface area (Å²) in [7, 11) is 1.57. The number of halogens is 1. The molecule has 7 heteroatoms. The molecule has 0 fully saturated rings. The molecule has 3 aromatic carbocycles. The van der Waals surface area contributed by atoms with E-state index in [-0.39, 0.29) is 5.91 Å². The first kappa shape index (κ1) is 20.0. The fraction of sp³-hybridized carbons (Fsp3) is 0.0417. The van der Waals surface area contributed by atoms with Gasteiger partial charge in [0.15, 0.2) is 11.5 Å². The monoisotopic (exact) mass is 415 g/mol. The van der Waals surface area contributed by atoms with E-state index in [0.717, 1.165) is 5.56 Å². The number of hydrogen-bond donors (Lipinski definition) is 1. The maximum absolute atomic E-state index is 13.3. The molecule has 154 valence electrons. The molecule has 0 aliphatic carbocycles. The van der Waals surface area contributed by atoms with Gasteiger partial charge in [-0.2, -0.15) is 0 Å². The van der Waals surface area contributed by atoms with Crippen molar-refractivity contribution in [2.24, 2.45) is 0 Å². The number of anilines is 1. The normalized spacial score (nSPS) is 10.4. The number of amides is 1. The Bertz CT molecular complexity index is 1200. The lowest BCUT2D eigenvalue weighted by molar-refractivity contribution is 0.102. The molecule has 4 aromatic rings. The van der Waals surface area contributed by atoms with Crippen molar-refractivity contribution in [2.45, 2.75) is 0 Å². The van der Waals surface area contributed by atoms with Crippen LogP contribution >= 0.6 is 0 Å². The van der Waals surface area contributed by atoms with Gasteiger partial charge in [0.2, 0.25) is 5.88 Å². The Morgan fingerprint density at radius 1 is 0.871 bits per heavy atom. The number of nitrogens with one attached hydrogen (secondary N) is 1. The maximum Gasteiger partial charge on any atom is 0.255 e. The number of methoxy groups -OCH3 is 1. The Balaban J connectivity index is 1.44. The van der Waals surface area contributed by atoms with Crippen molar-refractivity contribution in [3.8, 4) is 28.6 Å². The quantitative estimate of drug-likeness (QED) is 0.460. The summed E-state index contributed by atoms with van der Waals surface area (Å²) < 4.78 is 24.3. The van der Waals surface area contributed by atoms with E-state index in [1.165, 1.54) is 18.2 Å². The average Bonchev–Trinajstić information content (AvgIpc) is 2.80. The molecule has 1 aromatic heterocycles. The number of carbonyl (C=O) groups is 1. The summed E-state index contributed by atoms with van der Waals surface area (Å²) in [6, 6.07) is 23.4. The number of nitrogens with zero attached hydrogens (tertiary/aromatic N) is 2. The first-order valence-corrected chi connectivity index (χ1v) is 9.44. The van der Waals surface area contributed by atoms with E-state index in [2.05, 4.69) is 15.5 Å². The molecule has 1 amide bonds. The Kier molecular flexibility index (Phi) is 5.84. The zero-order valence-electron chi connectivity index (χ0n) is 16.6. The molecule has 0 aliphatic heterocycles. The van der Waals surface area contributed by atoms with Crippen molar-refractivity contribution in [2.75, 3.05) is 12.4 Å². The van der Waals surface area contributed by atoms with Crippen LogP contribution in [0.4, 0.5) is 10.1 Å². The van der Waals surface area contributed by atoms with Crippen molar-refractivity contribution in [1.29, 1.82) is 0 Å². The smallest absolute Gasteiger partial charge is 0.255 e. The molecular formula is C24H18FN3O3. The van der Waals surface area contributed by atoms with Gasteiger partial charge in [0.1, 0.15) is 5.82 Å². The van der Waals surface area contributed by atoms with Gasteiger partial charge >= 0.3 is 0 Å². The minimum Gasteiger partial charge on any atom is -0.493 e. The van der Waals surface area contributed by atoms with Crippen molar-refractivity contribution in [3.05, 3.63) is 96.3 Å². The molecule has 0 saturated heterocycles. The predicted octanol–water partition coefficient (Wildman–Crippen LogP) is 5.34. The third kappa shape index (κ3) is 4.84. The third-order valence-corrected chi connectivity index (χ3v) is 4.45. The summed E-state index contributed by atoms with van der Waals surface area (Å²) in [5.41, 5.74) is 2.26. The van der Waals surface area contributed by atoms with E-state index in [0.29, 0.717) is 34.3 Å². The van der Waals surface area contributed by atoms with Crippen molar-refractivity contribution < 1.29 is 18.7 Å². The number of hydrogen-bond acceptors (Lipinski definition) is 5. The fourth-order valence-electron chi connectivity index (χ4n) is 2.91. The van der Waals surface area contributed by atoms with E-state index >= 15 is 0 Å². The first-order valence-electron chi connectivity index (χ1n) is 9.44. The second-order valence-electron chi connectivity index (χ2n) is 6.55. The summed E-state index contributed by atoms with van der Waals surface area (Å²) in [4.78, 5) is 12.4. The van der Waals surface area contributed by atoms with Crippen LogP contribution < -0.4 is 14.8 Å². The largest absolute Gasteiger partial charge is 0.493 e. The SMILES string of the molecule is COc1ccccc1Oc1ccc(-c2ccc(C(=O)Nc3cccc(F)c3)cc2)nn1. The van der Waals surface area contributed by atoms with E-state index in [4.69, 9.17) is 9.47 Å². The molecule has 4 rings (SSSR count). The molecular weight excluding hydrogens is 397 g/mol. The van der Waals surface area contributed by atoms with Gasteiger partial charge in [0, 0.05) is 22.9 Å². The molecule has 0 atom stereocenters. The van der Waals surface area contributed by atoms with Gasteiger partial charge in [0.05, 0.1) is 12.8 Å². The summed E-state index contributed by atoms with van der Waals surface area (Å²) in [6.45, 7) is 0. The van der Waals surface area contributed by atoms with Crippen LogP contribution in [0.1, 0.15) is 10.4 Å².